The summed E-state index contributed by atoms with van der Waals surface area (Å²) in [5, 5.41) is 8.66. The number of aliphatic hydroxyl groups excluding tert-OH is 1. The Morgan fingerprint density at radius 3 is 0.806 bits per heavy atom. The van der Waals surface area contributed by atoms with Gasteiger partial charge in [0.2, 0.25) is 0 Å². The van der Waals surface area contributed by atoms with E-state index in [1.807, 2.05) is 0 Å². The third-order valence-corrected chi connectivity index (χ3v) is 6.76. The van der Waals surface area contributed by atoms with Gasteiger partial charge in [0.1, 0.15) is 33.0 Å². The van der Waals surface area contributed by atoms with E-state index in [1.54, 1.807) is 0 Å². The Balaban J connectivity index is -0.0000000788. The zero-order valence-electron chi connectivity index (χ0n) is 22.8. The second kappa shape index (κ2) is 49.3. The summed E-state index contributed by atoms with van der Waals surface area (Å²) in [4.78, 5) is 37.1. The molecule has 0 saturated heterocycles. The summed E-state index contributed by atoms with van der Waals surface area (Å²) < 4.78 is 43.6. The van der Waals surface area contributed by atoms with E-state index in [0.717, 1.165) is 6.42 Å². The van der Waals surface area contributed by atoms with E-state index in [0.29, 0.717) is 6.61 Å². The molecule has 0 bridgehead atoms. The molecule has 0 aromatic heterocycles. The van der Waals surface area contributed by atoms with E-state index in [-0.39, 0.29) is 118 Å². The molecule has 0 aliphatic carbocycles. The molecule has 0 amide bonds. The second-order valence-electron chi connectivity index (χ2n) is 6.88. The maximum absolute atomic E-state index is 9.29. The summed E-state index contributed by atoms with van der Waals surface area (Å²) in [6, 6.07) is 0. The van der Waals surface area contributed by atoms with E-state index in [9.17, 15) is 37.8 Å². The quantitative estimate of drug-likeness (QED) is 0.0803. The van der Waals surface area contributed by atoms with Crippen LogP contribution in [0.1, 0.15) is 103 Å². The molecular formula is C17H40Na4O11P4. The van der Waals surface area contributed by atoms with Crippen LogP contribution in [0.25, 0.3) is 0 Å². The van der Waals surface area contributed by atoms with Crippen LogP contribution < -0.4 is 138 Å². The van der Waals surface area contributed by atoms with Gasteiger partial charge in [0.05, 0.1) is 0 Å². The van der Waals surface area contributed by atoms with Gasteiger partial charge in [-0.15, -0.1) is 0 Å². The average Bonchev–Trinajstić information content (AvgIpc) is 2.67. The number of hydrogen-bond acceptors (Lipinski definition) is 11. The number of rotatable bonds is 19. The van der Waals surface area contributed by atoms with Gasteiger partial charge >= 0.3 is 118 Å². The second-order valence-corrected chi connectivity index (χ2v) is 10.5. The van der Waals surface area contributed by atoms with Crippen LogP contribution in [0.5, 0.6) is 0 Å². The van der Waals surface area contributed by atoms with Crippen LogP contribution in [0.3, 0.4) is 0 Å². The third kappa shape index (κ3) is 71.7. The summed E-state index contributed by atoms with van der Waals surface area (Å²) in [5.41, 5.74) is 0. The Labute approximate surface area is 308 Å². The predicted molar refractivity (Wildman–Crippen MR) is 120 cm³/mol. The Morgan fingerprint density at radius 2 is 0.667 bits per heavy atom. The molecule has 198 valence electrons. The molecule has 0 rings (SSSR count). The van der Waals surface area contributed by atoms with Crippen molar-refractivity contribution >= 4 is 33.0 Å². The van der Waals surface area contributed by atoms with Crippen molar-refractivity contribution in [1.29, 1.82) is 0 Å². The summed E-state index contributed by atoms with van der Waals surface area (Å²) in [7, 11) is -14.1. The maximum atomic E-state index is 9.29. The largest absolute Gasteiger partial charge is 1.00 e. The molecule has 0 aromatic rings. The summed E-state index contributed by atoms with van der Waals surface area (Å²) in [6.07, 6.45) is 20.7. The van der Waals surface area contributed by atoms with Crippen molar-refractivity contribution in [2.75, 3.05) is 6.61 Å². The van der Waals surface area contributed by atoms with Crippen LogP contribution in [0.4, 0.5) is 0 Å². The molecule has 11 nitrogen and oxygen atoms in total. The Bertz CT molecular complexity index is 434. The van der Waals surface area contributed by atoms with Gasteiger partial charge in [-0.05, 0) is 6.42 Å². The minimum Gasteiger partial charge on any atom is -0.781 e. The van der Waals surface area contributed by atoms with Gasteiger partial charge in [-0.25, -0.2) is 0 Å². The Kier molecular flexibility index (Phi) is 77.3. The van der Waals surface area contributed by atoms with E-state index in [1.165, 1.54) is 89.9 Å². The van der Waals surface area contributed by atoms with Crippen LogP contribution in [0, 0.1) is 0 Å². The standard InChI is InChI=1S/C17H36O.4Na.2H4O5P2/c1-2-3-4-5-6-7-8-9-10-11-12-13-14-15-16-17-18;;;;;2*1-6(2)5-7(3)4/h18H,2-17H2,1H3;;;;;2*6-7H,(H,1,2)(H,3,4)/q;4*+1;;/p-4. The fourth-order valence-corrected chi connectivity index (χ4v) is 3.71. The third-order valence-electron chi connectivity index (χ3n) is 4.10. The molecule has 0 aromatic carbocycles. The van der Waals surface area contributed by atoms with Crippen LogP contribution >= 0.6 is 33.0 Å². The van der Waals surface area contributed by atoms with E-state index in [2.05, 4.69) is 15.5 Å². The monoisotopic (exact) mass is 636 g/mol. The molecule has 0 heterocycles. The minimum atomic E-state index is -3.51. The molecule has 0 saturated carbocycles. The Hall–Kier alpha value is 4.64. The van der Waals surface area contributed by atoms with E-state index < -0.39 is 33.0 Å². The zero-order valence-corrected chi connectivity index (χ0v) is 34.8. The molecule has 36 heavy (non-hydrogen) atoms. The molecule has 1 N–H and O–H groups in total. The molecule has 4 unspecified atom stereocenters. The fourth-order valence-electron chi connectivity index (χ4n) is 2.62. The van der Waals surface area contributed by atoms with Crippen molar-refractivity contribution in [1.82, 2.24) is 0 Å². The molecule has 0 spiro atoms. The van der Waals surface area contributed by atoms with Crippen LogP contribution in [0.2, 0.25) is 0 Å². The normalized spacial score (nSPS) is 12.7. The number of unbranched alkanes of at least 4 members (excludes halogenated alkanes) is 14. The van der Waals surface area contributed by atoms with Crippen molar-refractivity contribution in [2.24, 2.45) is 0 Å². The number of aliphatic hydroxyl groups is 1. The van der Waals surface area contributed by atoms with Crippen molar-refractivity contribution in [3.8, 4) is 0 Å². The summed E-state index contributed by atoms with van der Waals surface area (Å²) >= 11 is 0. The van der Waals surface area contributed by atoms with Gasteiger partial charge in [-0.2, -0.15) is 0 Å². The summed E-state index contributed by atoms with van der Waals surface area (Å²) in [5.74, 6) is 0. The van der Waals surface area contributed by atoms with Gasteiger partial charge in [0, 0.05) is 6.61 Å². The van der Waals surface area contributed by atoms with Gasteiger partial charge in [-0.3, -0.25) is 8.62 Å². The molecule has 0 aliphatic rings. The van der Waals surface area contributed by atoms with Gasteiger partial charge < -0.3 is 42.9 Å². The van der Waals surface area contributed by atoms with Crippen molar-refractivity contribution in [3.63, 3.8) is 0 Å². The van der Waals surface area contributed by atoms with Gasteiger partial charge in [0.25, 0.3) is 0 Å². The fraction of sp³-hybridized carbons (Fsp3) is 1.00. The van der Waals surface area contributed by atoms with Crippen LogP contribution in [-0.2, 0) is 26.9 Å². The topological polar surface area (TPSA) is 199 Å². The molecular weight excluding hydrogens is 596 g/mol. The maximum Gasteiger partial charge on any atom is 1.00 e. The zero-order chi connectivity index (χ0) is 25.0. The SMILES string of the molecule is CCCCCCCCCCCCCCCCCO.O=[PH]([O-])O[PH](=O)[O-].O=[PH]([O-])O[PH](=O)[O-].[Na+].[Na+].[Na+].[Na+]. The van der Waals surface area contributed by atoms with Crippen molar-refractivity contribution < 1.29 is 170 Å². The van der Waals surface area contributed by atoms with Crippen LogP contribution in [-0.4, -0.2) is 11.7 Å². The molecule has 4 atom stereocenters. The Morgan fingerprint density at radius 1 is 0.472 bits per heavy atom. The first-order valence-corrected chi connectivity index (χ1v) is 15.9. The van der Waals surface area contributed by atoms with E-state index in [4.69, 9.17) is 5.11 Å². The smallest absolute Gasteiger partial charge is 0.781 e. The minimum absolute atomic E-state index is 0. The predicted octanol–water partition coefficient (Wildman–Crippen LogP) is -9.13. The van der Waals surface area contributed by atoms with Crippen molar-refractivity contribution in [2.45, 2.75) is 103 Å². The molecule has 0 fully saturated rings. The van der Waals surface area contributed by atoms with Gasteiger partial charge in [-0.1, -0.05) is 96.8 Å². The first-order valence-electron chi connectivity index (χ1n) is 11.0. The van der Waals surface area contributed by atoms with Gasteiger partial charge in [0.15, 0.2) is 0 Å². The average molecular weight is 636 g/mol. The molecule has 0 aliphatic heterocycles. The van der Waals surface area contributed by atoms with Crippen molar-refractivity contribution in [3.05, 3.63) is 0 Å². The van der Waals surface area contributed by atoms with E-state index >= 15 is 0 Å². The van der Waals surface area contributed by atoms with Crippen LogP contribution in [0.15, 0.2) is 0 Å². The summed E-state index contributed by atoms with van der Waals surface area (Å²) in [6.45, 7) is 2.65. The first-order chi connectivity index (χ1) is 15.2. The molecule has 0 radical (unpaired) electrons. The number of hydrogen-bond donors (Lipinski definition) is 1. The molecule has 19 heteroatoms. The first kappa shape index (κ1) is 56.4.